The Morgan fingerprint density at radius 3 is 2.68 bits per heavy atom. The molecular weight excluding hydrogens is 352 g/mol. The number of nitrogens with zero attached hydrogens (tertiary/aromatic N) is 1. The maximum Gasteiger partial charge on any atom is 0.223 e. The van der Waals surface area contributed by atoms with Crippen LogP contribution in [0.3, 0.4) is 0 Å². The van der Waals surface area contributed by atoms with Crippen molar-refractivity contribution in [3.63, 3.8) is 0 Å². The van der Waals surface area contributed by atoms with Crippen LogP contribution in [-0.4, -0.2) is 16.7 Å². The van der Waals surface area contributed by atoms with Crippen molar-refractivity contribution in [3.05, 3.63) is 59.9 Å². The summed E-state index contributed by atoms with van der Waals surface area (Å²) in [5.41, 5.74) is 1.87. The number of amides is 1. The Balaban J connectivity index is 1.30. The molecular formula is C23H26N2O3. The fourth-order valence-corrected chi connectivity index (χ4v) is 4.41. The molecule has 1 N–H and O–H groups in total. The van der Waals surface area contributed by atoms with E-state index >= 15 is 0 Å². The van der Waals surface area contributed by atoms with Gasteiger partial charge in [-0.05, 0) is 55.5 Å². The lowest BCUT2D eigenvalue weighted by molar-refractivity contribution is -0.137. The molecule has 0 aliphatic heterocycles. The third-order valence-electron chi connectivity index (χ3n) is 5.90. The Hall–Kier alpha value is -2.69. The number of carbonyl (C=O) groups is 2. The molecule has 2 unspecified atom stereocenters. The molecule has 0 saturated heterocycles. The van der Waals surface area contributed by atoms with Crippen molar-refractivity contribution in [3.8, 4) is 5.75 Å². The number of benzene rings is 1. The van der Waals surface area contributed by atoms with Crippen LogP contribution in [0.5, 0.6) is 5.75 Å². The van der Waals surface area contributed by atoms with Crippen LogP contribution in [0.1, 0.15) is 43.4 Å². The molecule has 5 nitrogen and oxygen atoms in total. The lowest BCUT2D eigenvalue weighted by Gasteiger charge is -2.36. The maximum absolute atomic E-state index is 12.6. The molecule has 28 heavy (non-hydrogen) atoms. The number of ether oxygens (including phenoxy) is 1. The van der Waals surface area contributed by atoms with Gasteiger partial charge in [0.25, 0.3) is 0 Å². The van der Waals surface area contributed by atoms with Gasteiger partial charge in [-0.1, -0.05) is 24.6 Å². The predicted molar refractivity (Wildman–Crippen MR) is 105 cm³/mol. The second-order valence-electron chi connectivity index (χ2n) is 7.87. The van der Waals surface area contributed by atoms with Gasteiger partial charge >= 0.3 is 0 Å². The van der Waals surface area contributed by atoms with Gasteiger partial charge in [0.05, 0.1) is 5.69 Å². The van der Waals surface area contributed by atoms with E-state index in [2.05, 4.69) is 10.3 Å². The number of hydrogen-bond donors (Lipinski definition) is 1. The van der Waals surface area contributed by atoms with Crippen molar-refractivity contribution in [2.45, 2.75) is 45.3 Å². The van der Waals surface area contributed by atoms with Gasteiger partial charge in [0, 0.05) is 30.5 Å². The van der Waals surface area contributed by atoms with Crippen molar-refractivity contribution in [2.24, 2.45) is 17.8 Å². The van der Waals surface area contributed by atoms with Crippen molar-refractivity contribution >= 4 is 11.7 Å². The highest BCUT2D eigenvalue weighted by Gasteiger charge is 2.41. The highest BCUT2D eigenvalue weighted by molar-refractivity contribution is 5.88. The first kappa shape index (κ1) is 18.7. The molecule has 1 heterocycles. The van der Waals surface area contributed by atoms with Crippen molar-refractivity contribution in [1.29, 1.82) is 0 Å². The van der Waals surface area contributed by atoms with E-state index in [-0.39, 0.29) is 23.7 Å². The largest absolute Gasteiger partial charge is 0.487 e. The molecule has 2 atom stereocenters. The van der Waals surface area contributed by atoms with E-state index in [1.807, 2.05) is 42.5 Å². The molecule has 146 valence electrons. The van der Waals surface area contributed by atoms with Crippen molar-refractivity contribution in [1.82, 2.24) is 10.3 Å². The fourth-order valence-electron chi connectivity index (χ4n) is 4.41. The summed E-state index contributed by atoms with van der Waals surface area (Å²) in [7, 11) is 0. The number of ketones is 1. The lowest BCUT2D eigenvalue weighted by Crippen LogP contribution is -2.42. The third kappa shape index (κ3) is 4.41. The lowest BCUT2D eigenvalue weighted by atomic mass is 9.67. The monoisotopic (exact) mass is 378 g/mol. The number of Topliss-reactive ketones (excluding diaryl/α,β-unsaturated/α-hetero) is 1. The van der Waals surface area contributed by atoms with Crippen LogP contribution in [-0.2, 0) is 22.7 Å². The van der Waals surface area contributed by atoms with E-state index in [0.717, 1.165) is 36.3 Å². The first-order valence-corrected chi connectivity index (χ1v) is 10.1. The minimum Gasteiger partial charge on any atom is -0.487 e. The summed E-state index contributed by atoms with van der Waals surface area (Å²) in [6.07, 6.45) is 6.21. The van der Waals surface area contributed by atoms with Crippen molar-refractivity contribution in [2.75, 3.05) is 0 Å². The van der Waals surface area contributed by atoms with Crippen LogP contribution < -0.4 is 10.1 Å². The number of aromatic nitrogens is 1. The highest BCUT2D eigenvalue weighted by Crippen LogP contribution is 2.40. The second kappa shape index (κ2) is 8.55. The van der Waals surface area contributed by atoms with Gasteiger partial charge in [-0.3, -0.25) is 14.6 Å². The van der Waals surface area contributed by atoms with Gasteiger partial charge in [0.1, 0.15) is 18.1 Å². The number of fused-ring (bicyclic) bond motifs is 2. The molecule has 0 spiro atoms. The Bertz CT molecular complexity index is 821. The Kier molecular flexibility index (Phi) is 5.70. The summed E-state index contributed by atoms with van der Waals surface area (Å²) < 4.78 is 5.81. The number of hydrogen-bond acceptors (Lipinski definition) is 4. The molecule has 0 radical (unpaired) electrons. The normalized spacial score (nSPS) is 23.9. The average Bonchev–Trinajstić information content (AvgIpc) is 2.71. The molecule has 2 bridgehead atoms. The summed E-state index contributed by atoms with van der Waals surface area (Å²) in [6, 6.07) is 13.5. The van der Waals surface area contributed by atoms with Crippen molar-refractivity contribution < 1.29 is 14.3 Å². The summed E-state index contributed by atoms with van der Waals surface area (Å²) in [6.45, 7) is 0.884. The van der Waals surface area contributed by atoms with Crippen LogP contribution in [0.2, 0.25) is 0 Å². The average molecular weight is 378 g/mol. The number of nitrogens with one attached hydrogen (secondary N) is 1. The highest BCUT2D eigenvalue weighted by atomic mass is 16.5. The standard InChI is InChI=1S/C23H26N2O3/c26-22-17-6-4-7-18(22)13-19(12-17)23(27)25-14-16-5-3-9-21(11-16)28-15-20-8-1-2-10-24-20/h1-3,5,8-11,17-19H,4,6-7,12-15H2,(H,25,27). The van der Waals surface area contributed by atoms with Crippen LogP contribution in [0.4, 0.5) is 0 Å². The van der Waals surface area contributed by atoms with Gasteiger partial charge in [-0.25, -0.2) is 0 Å². The summed E-state index contributed by atoms with van der Waals surface area (Å²) in [5.74, 6) is 1.40. The second-order valence-corrected chi connectivity index (χ2v) is 7.87. The summed E-state index contributed by atoms with van der Waals surface area (Å²) in [5, 5.41) is 3.06. The summed E-state index contributed by atoms with van der Waals surface area (Å²) >= 11 is 0. The maximum atomic E-state index is 12.6. The van der Waals surface area contributed by atoms with E-state index in [0.29, 0.717) is 31.8 Å². The molecule has 5 heteroatoms. The van der Waals surface area contributed by atoms with Gasteiger partial charge in [-0.2, -0.15) is 0 Å². The Labute approximate surface area is 165 Å². The third-order valence-corrected chi connectivity index (χ3v) is 5.90. The molecule has 2 saturated carbocycles. The zero-order chi connectivity index (χ0) is 19.3. The smallest absolute Gasteiger partial charge is 0.223 e. The van der Waals surface area contributed by atoms with E-state index in [4.69, 9.17) is 4.74 Å². The summed E-state index contributed by atoms with van der Waals surface area (Å²) in [4.78, 5) is 29.1. The van der Waals surface area contributed by atoms with Gasteiger partial charge in [0.15, 0.2) is 0 Å². The predicted octanol–water partition coefficient (Wildman–Crippen LogP) is 3.67. The molecule has 1 aromatic carbocycles. The minimum absolute atomic E-state index is 0.0309. The zero-order valence-corrected chi connectivity index (χ0v) is 16.0. The quantitative estimate of drug-likeness (QED) is 0.833. The SMILES string of the molecule is O=C(NCc1cccc(OCc2ccccn2)c1)C1CC2CCCC(C1)C2=O. The van der Waals surface area contributed by atoms with Crippen LogP contribution in [0, 0.1) is 17.8 Å². The van der Waals surface area contributed by atoms with E-state index in [9.17, 15) is 9.59 Å². The van der Waals surface area contributed by atoms with Gasteiger partial charge < -0.3 is 10.1 Å². The molecule has 2 aliphatic rings. The van der Waals surface area contributed by atoms with Gasteiger partial charge in [0.2, 0.25) is 5.91 Å². The first-order valence-electron chi connectivity index (χ1n) is 10.1. The number of rotatable bonds is 6. The molecule has 1 amide bonds. The van der Waals surface area contributed by atoms with Crippen LogP contribution in [0.15, 0.2) is 48.7 Å². The number of pyridine rings is 1. The van der Waals surface area contributed by atoms with Gasteiger partial charge in [-0.15, -0.1) is 0 Å². The first-order chi connectivity index (χ1) is 13.7. The van der Waals surface area contributed by atoms with Crippen LogP contribution in [0.25, 0.3) is 0 Å². The Morgan fingerprint density at radius 1 is 1.11 bits per heavy atom. The Morgan fingerprint density at radius 2 is 1.93 bits per heavy atom. The van der Waals surface area contributed by atoms with E-state index in [1.165, 1.54) is 0 Å². The topological polar surface area (TPSA) is 68.3 Å². The van der Waals surface area contributed by atoms with Crippen LogP contribution >= 0.6 is 0 Å². The fraction of sp³-hybridized carbons (Fsp3) is 0.435. The molecule has 1 aromatic heterocycles. The minimum atomic E-state index is -0.0309. The molecule has 2 aromatic rings. The molecule has 2 aliphatic carbocycles. The van der Waals surface area contributed by atoms with E-state index in [1.54, 1.807) is 6.20 Å². The molecule has 4 rings (SSSR count). The zero-order valence-electron chi connectivity index (χ0n) is 16.0. The van der Waals surface area contributed by atoms with E-state index < -0.39 is 0 Å². The molecule has 2 fully saturated rings. The number of carbonyl (C=O) groups excluding carboxylic acids is 2.